The van der Waals surface area contributed by atoms with E-state index in [-0.39, 0.29) is 18.4 Å². The minimum Gasteiger partial charge on any atom is -0.353 e. The molecule has 2 amide bonds. The van der Waals surface area contributed by atoms with Crippen LogP contribution >= 0.6 is 0 Å². The Morgan fingerprint density at radius 2 is 1.66 bits per heavy atom. The summed E-state index contributed by atoms with van der Waals surface area (Å²) in [6.45, 7) is 2.53. The van der Waals surface area contributed by atoms with Crippen LogP contribution in [0.5, 0.6) is 0 Å². The first-order valence-electron chi connectivity index (χ1n) is 10.2. The number of benzene rings is 1. The molecule has 0 radical (unpaired) electrons. The van der Waals surface area contributed by atoms with Crippen molar-refractivity contribution < 1.29 is 14.0 Å². The predicted octanol–water partition coefficient (Wildman–Crippen LogP) is 2.51. The lowest BCUT2D eigenvalue weighted by Crippen LogP contribution is -2.44. The molecule has 0 saturated carbocycles. The third kappa shape index (κ3) is 5.90. The van der Waals surface area contributed by atoms with Gasteiger partial charge in [-0.3, -0.25) is 14.5 Å². The molecule has 3 rings (SSSR count). The summed E-state index contributed by atoms with van der Waals surface area (Å²) in [6.07, 6.45) is 6.75. The Labute approximate surface area is 171 Å². The van der Waals surface area contributed by atoms with Crippen LogP contribution in [-0.4, -0.2) is 40.9 Å². The lowest BCUT2D eigenvalue weighted by Gasteiger charge is -2.31. The molecule has 1 aliphatic rings. The van der Waals surface area contributed by atoms with Gasteiger partial charge in [-0.25, -0.2) is 4.39 Å². The molecule has 2 aromatic rings. The molecule has 29 heavy (non-hydrogen) atoms. The monoisotopic (exact) mass is 400 g/mol. The van der Waals surface area contributed by atoms with Crippen LogP contribution in [0.2, 0.25) is 0 Å². The van der Waals surface area contributed by atoms with Crippen molar-refractivity contribution in [3.63, 3.8) is 0 Å². The molecule has 7 heteroatoms. The smallest absolute Gasteiger partial charge is 0.309 e. The van der Waals surface area contributed by atoms with Crippen LogP contribution in [0, 0.1) is 5.82 Å². The summed E-state index contributed by atoms with van der Waals surface area (Å²) >= 11 is 0. The number of halogens is 1. The number of carbonyl (C=O) groups is 2. The van der Waals surface area contributed by atoms with Gasteiger partial charge in [-0.05, 0) is 55.8 Å². The highest BCUT2D eigenvalue weighted by atomic mass is 19.1. The minimum absolute atomic E-state index is 0.0296. The van der Waals surface area contributed by atoms with Crippen LogP contribution in [0.3, 0.4) is 0 Å². The van der Waals surface area contributed by atoms with Gasteiger partial charge in [0.15, 0.2) is 0 Å². The van der Waals surface area contributed by atoms with Crippen LogP contribution in [0.1, 0.15) is 43.0 Å². The number of aromatic nitrogens is 1. The van der Waals surface area contributed by atoms with E-state index in [0.717, 1.165) is 37.2 Å². The molecule has 0 unspecified atom stereocenters. The number of nitrogens with zero attached hydrogens (tertiary/aromatic N) is 2. The molecule has 6 nitrogen and oxygen atoms in total. The number of amides is 2. The average molecular weight is 400 g/mol. The number of nitrogens with one attached hydrogen (secondary N) is 2. The van der Waals surface area contributed by atoms with Gasteiger partial charge in [0.25, 0.3) is 0 Å². The fourth-order valence-electron chi connectivity index (χ4n) is 3.78. The molecular weight excluding hydrogens is 371 g/mol. The highest BCUT2D eigenvalue weighted by molar-refractivity contribution is 6.35. The molecule has 0 aliphatic carbocycles. The van der Waals surface area contributed by atoms with Crippen molar-refractivity contribution in [2.45, 2.75) is 38.3 Å². The average Bonchev–Trinajstić information content (AvgIpc) is 2.97. The maximum atomic E-state index is 13.0. The first-order chi connectivity index (χ1) is 14.0. The number of carbonyl (C=O) groups excluding carboxylic acids is 2. The van der Waals surface area contributed by atoms with E-state index >= 15 is 0 Å². The normalized spacial score (nSPS) is 16.1. The molecule has 1 aliphatic heterocycles. The Hall–Kier alpha value is -2.67. The Balaban J connectivity index is 1.57. The summed E-state index contributed by atoms with van der Waals surface area (Å²) in [5, 5.41) is 5.38. The van der Waals surface area contributed by atoms with E-state index in [2.05, 4.69) is 26.2 Å². The predicted molar refractivity (Wildman–Crippen MR) is 109 cm³/mol. The first-order valence-corrected chi connectivity index (χ1v) is 10.2. The van der Waals surface area contributed by atoms with Crippen LogP contribution in [-0.2, 0) is 23.2 Å². The van der Waals surface area contributed by atoms with Gasteiger partial charge in [-0.15, -0.1) is 0 Å². The van der Waals surface area contributed by atoms with Crippen molar-refractivity contribution >= 4 is 11.8 Å². The van der Waals surface area contributed by atoms with Crippen molar-refractivity contribution in [2.24, 2.45) is 7.05 Å². The number of rotatable bonds is 6. The second kappa shape index (κ2) is 10.2. The molecule has 1 saturated heterocycles. The fraction of sp³-hybridized carbons (Fsp3) is 0.455. The van der Waals surface area contributed by atoms with Crippen LogP contribution in [0.25, 0.3) is 0 Å². The SMILES string of the molecule is Cn1cccc1[C@@H](CNC(=O)C(=O)NCc1ccc(F)cc1)N1CCCCCC1. The lowest BCUT2D eigenvalue weighted by atomic mass is 10.1. The van der Waals surface area contributed by atoms with Crippen molar-refractivity contribution in [2.75, 3.05) is 19.6 Å². The van der Waals surface area contributed by atoms with Gasteiger partial charge in [0, 0.05) is 32.0 Å². The number of hydrogen-bond donors (Lipinski definition) is 2. The quantitative estimate of drug-likeness (QED) is 0.733. The van der Waals surface area contributed by atoms with Gasteiger partial charge in [-0.1, -0.05) is 25.0 Å². The van der Waals surface area contributed by atoms with Crippen LogP contribution in [0.4, 0.5) is 4.39 Å². The van der Waals surface area contributed by atoms with Gasteiger partial charge in [0.2, 0.25) is 0 Å². The largest absolute Gasteiger partial charge is 0.353 e. The summed E-state index contributed by atoms with van der Waals surface area (Å²) in [5.74, 6) is -1.67. The van der Waals surface area contributed by atoms with E-state index in [4.69, 9.17) is 0 Å². The van der Waals surface area contributed by atoms with Crippen LogP contribution < -0.4 is 10.6 Å². The topological polar surface area (TPSA) is 66.4 Å². The molecule has 0 bridgehead atoms. The Morgan fingerprint density at radius 1 is 1.00 bits per heavy atom. The van der Waals surface area contributed by atoms with E-state index in [1.165, 1.54) is 25.0 Å². The van der Waals surface area contributed by atoms with E-state index in [1.54, 1.807) is 12.1 Å². The van der Waals surface area contributed by atoms with Gasteiger partial charge >= 0.3 is 11.8 Å². The molecule has 2 heterocycles. The van der Waals surface area contributed by atoms with E-state index in [9.17, 15) is 14.0 Å². The number of likely N-dealkylation sites (tertiary alicyclic amines) is 1. The summed E-state index contributed by atoms with van der Waals surface area (Å²) in [5.41, 5.74) is 1.86. The first kappa shape index (κ1) is 21.0. The fourth-order valence-corrected chi connectivity index (χ4v) is 3.78. The Kier molecular flexibility index (Phi) is 7.41. The molecule has 1 fully saturated rings. The molecule has 1 aromatic heterocycles. The van der Waals surface area contributed by atoms with E-state index < -0.39 is 11.8 Å². The summed E-state index contributed by atoms with van der Waals surface area (Å²) in [4.78, 5) is 26.9. The summed E-state index contributed by atoms with van der Waals surface area (Å²) in [7, 11) is 2.00. The maximum absolute atomic E-state index is 13.0. The second-order valence-electron chi connectivity index (χ2n) is 7.53. The van der Waals surface area contributed by atoms with Gasteiger partial charge in [0.05, 0.1) is 6.04 Å². The Morgan fingerprint density at radius 3 is 2.28 bits per heavy atom. The van der Waals surface area contributed by atoms with Gasteiger partial charge in [0.1, 0.15) is 5.82 Å². The van der Waals surface area contributed by atoms with Crippen molar-refractivity contribution in [1.82, 2.24) is 20.1 Å². The second-order valence-corrected chi connectivity index (χ2v) is 7.53. The molecule has 156 valence electrons. The summed E-state index contributed by atoms with van der Waals surface area (Å²) in [6, 6.07) is 9.91. The molecular formula is C22H29FN4O2. The molecule has 0 spiro atoms. The maximum Gasteiger partial charge on any atom is 0.309 e. The van der Waals surface area contributed by atoms with Crippen molar-refractivity contribution in [3.8, 4) is 0 Å². The van der Waals surface area contributed by atoms with E-state index in [1.807, 2.05) is 19.3 Å². The zero-order valence-corrected chi connectivity index (χ0v) is 16.9. The number of aryl methyl sites for hydroxylation is 1. The lowest BCUT2D eigenvalue weighted by molar-refractivity contribution is -0.139. The van der Waals surface area contributed by atoms with Crippen LogP contribution in [0.15, 0.2) is 42.6 Å². The highest BCUT2D eigenvalue weighted by Crippen LogP contribution is 2.24. The number of hydrogen-bond acceptors (Lipinski definition) is 3. The standard InChI is InChI=1S/C22H29FN4O2/c1-26-12-6-7-19(26)20(27-13-4-2-3-5-14-27)16-25-22(29)21(28)24-15-17-8-10-18(23)11-9-17/h6-12,20H,2-5,13-16H2,1H3,(H,24,28)(H,25,29)/t20-/m1/s1. The third-order valence-electron chi connectivity index (χ3n) is 5.44. The Bertz CT molecular complexity index is 810. The van der Waals surface area contributed by atoms with Crippen molar-refractivity contribution in [1.29, 1.82) is 0 Å². The minimum atomic E-state index is -0.684. The van der Waals surface area contributed by atoms with E-state index in [0.29, 0.717) is 6.54 Å². The summed E-state index contributed by atoms with van der Waals surface area (Å²) < 4.78 is 15.0. The third-order valence-corrected chi connectivity index (χ3v) is 5.44. The molecule has 2 N–H and O–H groups in total. The van der Waals surface area contributed by atoms with Gasteiger partial charge in [-0.2, -0.15) is 0 Å². The molecule has 1 aromatic carbocycles. The van der Waals surface area contributed by atoms with Crippen molar-refractivity contribution in [3.05, 3.63) is 59.7 Å². The zero-order chi connectivity index (χ0) is 20.6. The zero-order valence-electron chi connectivity index (χ0n) is 16.9. The molecule has 1 atom stereocenters. The highest BCUT2D eigenvalue weighted by Gasteiger charge is 2.25. The van der Waals surface area contributed by atoms with Gasteiger partial charge < -0.3 is 15.2 Å².